The molecule has 29 heavy (non-hydrogen) atoms. The van der Waals surface area contributed by atoms with Gasteiger partial charge in [0.25, 0.3) is 11.5 Å². The molecule has 1 aromatic carbocycles. The number of ketones is 1. The lowest BCUT2D eigenvalue weighted by Gasteiger charge is -2.27. The van der Waals surface area contributed by atoms with Gasteiger partial charge in [-0.1, -0.05) is 6.07 Å². The summed E-state index contributed by atoms with van der Waals surface area (Å²) in [6, 6.07) is 11.5. The van der Waals surface area contributed by atoms with E-state index < -0.39 is 29.1 Å². The van der Waals surface area contributed by atoms with Crippen molar-refractivity contribution in [3.8, 4) is 0 Å². The van der Waals surface area contributed by atoms with E-state index in [-0.39, 0.29) is 12.1 Å². The highest BCUT2D eigenvalue weighted by Gasteiger charge is 2.33. The molecule has 7 heteroatoms. The Hall–Kier alpha value is -3.61. The summed E-state index contributed by atoms with van der Waals surface area (Å²) in [5, 5.41) is 0. The van der Waals surface area contributed by atoms with Crippen molar-refractivity contribution in [1.29, 1.82) is 0 Å². The van der Waals surface area contributed by atoms with E-state index in [2.05, 4.69) is 4.98 Å². The number of hydrogen-bond donors (Lipinski definition) is 0. The predicted octanol–water partition coefficient (Wildman–Crippen LogP) is 2.86. The van der Waals surface area contributed by atoms with E-state index in [0.717, 1.165) is 22.3 Å². The number of carbonyl (C=O) groups is 2. The summed E-state index contributed by atoms with van der Waals surface area (Å²) in [6.45, 7) is 2.41. The zero-order valence-corrected chi connectivity index (χ0v) is 15.9. The minimum atomic E-state index is -1.38. The quantitative estimate of drug-likeness (QED) is 0.457. The summed E-state index contributed by atoms with van der Waals surface area (Å²) in [7, 11) is 0. The van der Waals surface area contributed by atoms with Crippen molar-refractivity contribution in [2.45, 2.75) is 19.5 Å². The van der Waals surface area contributed by atoms with Gasteiger partial charge in [-0.15, -0.1) is 0 Å². The molecule has 0 N–H and O–H groups in total. The molecule has 0 aliphatic heterocycles. The number of halogens is 1. The van der Waals surface area contributed by atoms with E-state index in [9.17, 15) is 18.8 Å². The third-order valence-electron chi connectivity index (χ3n) is 4.56. The predicted molar refractivity (Wildman–Crippen MR) is 106 cm³/mol. The van der Waals surface area contributed by atoms with Crippen LogP contribution >= 0.6 is 0 Å². The minimum absolute atomic E-state index is 0.153. The molecule has 0 bridgehead atoms. The highest BCUT2D eigenvalue weighted by atomic mass is 19.1. The maximum atomic E-state index is 13.4. The molecule has 0 spiro atoms. The molecule has 0 unspecified atom stereocenters. The van der Waals surface area contributed by atoms with Gasteiger partial charge >= 0.3 is 0 Å². The molecule has 0 radical (unpaired) electrons. The van der Waals surface area contributed by atoms with E-state index in [1.54, 1.807) is 37.5 Å². The molecule has 0 aliphatic carbocycles. The van der Waals surface area contributed by atoms with Crippen LogP contribution < -0.4 is 5.56 Å². The van der Waals surface area contributed by atoms with Gasteiger partial charge in [0, 0.05) is 43.3 Å². The van der Waals surface area contributed by atoms with Crippen molar-refractivity contribution < 1.29 is 14.0 Å². The number of pyridine rings is 2. The second-order valence-electron chi connectivity index (χ2n) is 6.43. The lowest BCUT2D eigenvalue weighted by Crippen LogP contribution is -2.43. The largest absolute Gasteiger partial charge is 0.336 e. The first-order valence-electron chi connectivity index (χ1n) is 9.16. The molecule has 6 nitrogen and oxygen atoms in total. The first-order valence-corrected chi connectivity index (χ1v) is 9.16. The van der Waals surface area contributed by atoms with E-state index in [4.69, 9.17) is 0 Å². The first kappa shape index (κ1) is 20.1. The standard InChI is InChI=1S/C22H20FN3O3/c1-2-25(15-16-10-12-24-13-11-16)22(29)20(26-14-4-3-5-19(26)27)21(28)17-6-8-18(23)9-7-17/h3-14,20H,2,15H2,1H3/t20-/m1/s1. The molecule has 2 aromatic heterocycles. The summed E-state index contributed by atoms with van der Waals surface area (Å²) in [5.41, 5.74) is 0.533. The minimum Gasteiger partial charge on any atom is -0.336 e. The molecule has 2 heterocycles. The van der Waals surface area contributed by atoms with Crippen molar-refractivity contribution in [2.24, 2.45) is 0 Å². The Bertz CT molecular complexity index is 1050. The lowest BCUT2D eigenvalue weighted by atomic mass is 10.0. The second kappa shape index (κ2) is 9.05. The van der Waals surface area contributed by atoms with Crippen LogP contribution in [0, 0.1) is 5.82 Å². The van der Waals surface area contributed by atoms with Gasteiger partial charge in [0.2, 0.25) is 0 Å². The molecule has 3 aromatic rings. The molecule has 3 rings (SSSR count). The lowest BCUT2D eigenvalue weighted by molar-refractivity contribution is -0.133. The summed E-state index contributed by atoms with van der Waals surface area (Å²) in [6.07, 6.45) is 4.65. The fraction of sp³-hybridized carbons (Fsp3) is 0.182. The Morgan fingerprint density at radius 1 is 1.07 bits per heavy atom. The summed E-state index contributed by atoms with van der Waals surface area (Å²) in [5.74, 6) is -1.57. The van der Waals surface area contributed by atoms with Crippen LogP contribution in [0.15, 0.2) is 78.0 Å². The Balaban J connectivity index is 2.00. The number of carbonyl (C=O) groups excluding carboxylic acids is 2. The zero-order valence-electron chi connectivity index (χ0n) is 15.9. The maximum Gasteiger partial charge on any atom is 0.254 e. The van der Waals surface area contributed by atoms with Gasteiger partial charge in [-0.25, -0.2) is 4.39 Å². The number of amides is 1. The van der Waals surface area contributed by atoms with Crippen molar-refractivity contribution in [2.75, 3.05) is 6.54 Å². The monoisotopic (exact) mass is 393 g/mol. The van der Waals surface area contributed by atoms with E-state index in [1.165, 1.54) is 35.4 Å². The summed E-state index contributed by atoms with van der Waals surface area (Å²) < 4.78 is 14.4. The molecule has 0 aliphatic rings. The van der Waals surface area contributed by atoms with Gasteiger partial charge < -0.3 is 4.90 Å². The smallest absolute Gasteiger partial charge is 0.254 e. The Morgan fingerprint density at radius 3 is 2.38 bits per heavy atom. The number of likely N-dealkylation sites (N-methyl/N-ethyl adjacent to an activating group) is 1. The van der Waals surface area contributed by atoms with Gasteiger partial charge in [-0.05, 0) is 55.0 Å². The van der Waals surface area contributed by atoms with Gasteiger partial charge in [-0.2, -0.15) is 0 Å². The Kier molecular flexibility index (Phi) is 6.29. The first-order chi connectivity index (χ1) is 14.0. The molecule has 1 atom stereocenters. The molecule has 0 fully saturated rings. The number of nitrogens with zero attached hydrogens (tertiary/aromatic N) is 3. The molecule has 0 saturated heterocycles. The SMILES string of the molecule is CCN(Cc1ccncc1)C(=O)[C@@H](C(=O)c1ccc(F)cc1)n1ccccc1=O. The second-order valence-corrected chi connectivity index (χ2v) is 6.43. The number of hydrogen-bond acceptors (Lipinski definition) is 4. The van der Waals surface area contributed by atoms with Crippen LogP contribution in [0.1, 0.15) is 28.9 Å². The van der Waals surface area contributed by atoms with Crippen LogP contribution in [-0.2, 0) is 11.3 Å². The van der Waals surface area contributed by atoms with Crippen LogP contribution in [0.2, 0.25) is 0 Å². The zero-order chi connectivity index (χ0) is 20.8. The third kappa shape index (κ3) is 4.63. The molecule has 1 amide bonds. The number of aromatic nitrogens is 2. The molecular formula is C22H20FN3O3. The van der Waals surface area contributed by atoms with Crippen molar-refractivity contribution >= 4 is 11.7 Å². The average Bonchev–Trinajstić information content (AvgIpc) is 2.74. The van der Waals surface area contributed by atoms with Crippen LogP contribution in [0.3, 0.4) is 0 Å². The third-order valence-corrected chi connectivity index (χ3v) is 4.56. The van der Waals surface area contributed by atoms with Crippen LogP contribution in [-0.4, -0.2) is 32.7 Å². The number of Topliss-reactive ketones (excluding diaryl/α,β-unsaturated/α-hetero) is 1. The summed E-state index contributed by atoms with van der Waals surface area (Å²) >= 11 is 0. The van der Waals surface area contributed by atoms with E-state index in [0.29, 0.717) is 6.54 Å². The van der Waals surface area contributed by atoms with E-state index >= 15 is 0 Å². The van der Waals surface area contributed by atoms with Gasteiger partial charge in [0.15, 0.2) is 11.8 Å². The fourth-order valence-corrected chi connectivity index (χ4v) is 3.01. The van der Waals surface area contributed by atoms with E-state index in [1.807, 2.05) is 0 Å². The Morgan fingerprint density at radius 2 is 1.76 bits per heavy atom. The molecule has 148 valence electrons. The van der Waals surface area contributed by atoms with Crippen molar-refractivity contribution in [1.82, 2.24) is 14.5 Å². The topological polar surface area (TPSA) is 72.3 Å². The fourth-order valence-electron chi connectivity index (χ4n) is 3.01. The normalized spacial score (nSPS) is 11.7. The van der Waals surface area contributed by atoms with Crippen molar-refractivity contribution in [3.63, 3.8) is 0 Å². The van der Waals surface area contributed by atoms with Gasteiger partial charge in [-0.3, -0.25) is 23.9 Å². The number of rotatable bonds is 7. The summed E-state index contributed by atoms with van der Waals surface area (Å²) in [4.78, 5) is 44.4. The number of benzene rings is 1. The highest BCUT2D eigenvalue weighted by Crippen LogP contribution is 2.18. The highest BCUT2D eigenvalue weighted by molar-refractivity contribution is 6.11. The van der Waals surface area contributed by atoms with Gasteiger partial charge in [0.05, 0.1) is 0 Å². The average molecular weight is 393 g/mol. The maximum absolute atomic E-state index is 13.4. The van der Waals surface area contributed by atoms with Crippen LogP contribution in [0.25, 0.3) is 0 Å². The molecule has 0 saturated carbocycles. The molecular weight excluding hydrogens is 373 g/mol. The van der Waals surface area contributed by atoms with Crippen LogP contribution in [0.5, 0.6) is 0 Å². The van der Waals surface area contributed by atoms with Crippen LogP contribution in [0.4, 0.5) is 4.39 Å². The van der Waals surface area contributed by atoms with Gasteiger partial charge in [0.1, 0.15) is 5.82 Å². The Labute approximate surface area is 167 Å². The van der Waals surface area contributed by atoms with Crippen molar-refractivity contribution in [3.05, 3.63) is 100 Å².